The van der Waals surface area contributed by atoms with E-state index in [1.165, 1.54) is 11.0 Å². The Balaban J connectivity index is 1.60. The van der Waals surface area contributed by atoms with E-state index in [2.05, 4.69) is 20.2 Å². The van der Waals surface area contributed by atoms with Crippen LogP contribution in [0, 0.1) is 5.82 Å². The van der Waals surface area contributed by atoms with Crippen LogP contribution < -0.4 is 0 Å². The van der Waals surface area contributed by atoms with E-state index >= 15 is 0 Å². The average molecular weight is 426 g/mol. The van der Waals surface area contributed by atoms with Crippen molar-refractivity contribution in [2.75, 3.05) is 6.54 Å². The minimum Gasteiger partial charge on any atom is -0.332 e. The number of nitrogens with one attached hydrogen (secondary N) is 1. The van der Waals surface area contributed by atoms with Crippen molar-refractivity contribution in [2.45, 2.75) is 19.1 Å². The summed E-state index contributed by atoms with van der Waals surface area (Å²) in [6.07, 6.45) is -2.23. The number of alkyl halides is 3. The van der Waals surface area contributed by atoms with E-state index in [1.807, 2.05) is 0 Å². The summed E-state index contributed by atoms with van der Waals surface area (Å²) in [7, 11) is 0. The number of benzene rings is 1. The molecule has 29 heavy (non-hydrogen) atoms. The summed E-state index contributed by atoms with van der Waals surface area (Å²) in [5.74, 6) is -0.946. The second-order valence-electron chi connectivity index (χ2n) is 6.40. The Morgan fingerprint density at radius 3 is 2.62 bits per heavy atom. The van der Waals surface area contributed by atoms with Gasteiger partial charge >= 0.3 is 6.18 Å². The average Bonchev–Trinajstić information content (AvgIpc) is 3.10. The number of nitrogens with zero attached hydrogens (tertiary/aromatic N) is 4. The zero-order valence-corrected chi connectivity index (χ0v) is 15.4. The number of aromatic amines is 1. The minimum absolute atomic E-state index is 0.106. The van der Waals surface area contributed by atoms with Crippen LogP contribution in [-0.4, -0.2) is 37.5 Å². The van der Waals surface area contributed by atoms with Crippen LogP contribution in [0.4, 0.5) is 17.6 Å². The smallest absolute Gasteiger partial charge is 0.332 e. The number of carbonyl (C=O) groups excluding carboxylic acids is 1. The summed E-state index contributed by atoms with van der Waals surface area (Å²) in [6, 6.07) is 3.24. The van der Waals surface area contributed by atoms with Crippen molar-refractivity contribution in [3.63, 3.8) is 0 Å². The van der Waals surface area contributed by atoms with E-state index in [4.69, 9.17) is 11.6 Å². The van der Waals surface area contributed by atoms with Crippen molar-refractivity contribution >= 4 is 17.5 Å². The van der Waals surface area contributed by atoms with E-state index in [-0.39, 0.29) is 24.5 Å². The molecule has 0 bridgehead atoms. The highest BCUT2D eigenvalue weighted by molar-refractivity contribution is 6.34. The van der Waals surface area contributed by atoms with Crippen LogP contribution in [0.5, 0.6) is 0 Å². The van der Waals surface area contributed by atoms with Crippen LogP contribution >= 0.6 is 11.6 Å². The number of fused-ring (bicyclic) bond motifs is 1. The van der Waals surface area contributed by atoms with Crippen LogP contribution in [0.1, 0.15) is 27.2 Å². The Labute approximate surface area is 166 Å². The van der Waals surface area contributed by atoms with Crippen molar-refractivity contribution in [3.05, 3.63) is 63.8 Å². The van der Waals surface area contributed by atoms with Crippen molar-refractivity contribution in [3.8, 4) is 11.5 Å². The Morgan fingerprint density at radius 1 is 1.21 bits per heavy atom. The van der Waals surface area contributed by atoms with Crippen molar-refractivity contribution < 1.29 is 22.4 Å². The van der Waals surface area contributed by atoms with Gasteiger partial charge in [-0.05, 0) is 18.6 Å². The van der Waals surface area contributed by atoms with Gasteiger partial charge in [0.05, 0.1) is 40.8 Å². The third-order valence-corrected chi connectivity index (χ3v) is 4.99. The molecule has 3 heterocycles. The Hall–Kier alpha value is -3.01. The number of halogens is 5. The number of aromatic nitrogens is 4. The van der Waals surface area contributed by atoms with Gasteiger partial charge in [-0.25, -0.2) is 14.4 Å². The molecule has 1 N–H and O–H groups in total. The van der Waals surface area contributed by atoms with Gasteiger partial charge in [-0.2, -0.15) is 18.3 Å². The molecule has 0 unspecified atom stereocenters. The fourth-order valence-electron chi connectivity index (χ4n) is 3.20. The molecular weight excluding hydrogens is 414 g/mol. The molecule has 3 aromatic rings. The molecule has 0 atom stereocenters. The molecule has 0 saturated carbocycles. The normalized spacial score (nSPS) is 14.0. The van der Waals surface area contributed by atoms with Gasteiger partial charge in [0.25, 0.3) is 5.91 Å². The molecule has 0 saturated heterocycles. The van der Waals surface area contributed by atoms with Crippen LogP contribution in [0.3, 0.4) is 0 Å². The van der Waals surface area contributed by atoms with E-state index in [0.717, 1.165) is 30.1 Å². The van der Waals surface area contributed by atoms with Crippen LogP contribution in [-0.2, 0) is 19.1 Å². The fourth-order valence-corrected chi connectivity index (χ4v) is 3.51. The maximum Gasteiger partial charge on any atom is 0.417 e. The standard InChI is InChI=1S/C18H12ClF4N5O/c19-14-11(2-1-3-12(14)18(21,22)23)17(29)28-5-4-10-13(8-28)26-27-15(10)16-24-6-9(20)7-25-16/h1-3,6-7H,4-5,8H2,(H,26,27). The summed E-state index contributed by atoms with van der Waals surface area (Å²) >= 11 is 5.87. The molecule has 0 fully saturated rings. The van der Waals surface area contributed by atoms with Crippen LogP contribution in [0.2, 0.25) is 5.02 Å². The van der Waals surface area contributed by atoms with Gasteiger partial charge < -0.3 is 4.90 Å². The highest BCUT2D eigenvalue weighted by Gasteiger charge is 2.36. The van der Waals surface area contributed by atoms with E-state index in [0.29, 0.717) is 17.8 Å². The molecule has 1 aliphatic rings. The first kappa shape index (κ1) is 19.3. The molecular formula is C18H12ClF4N5O. The molecule has 1 aliphatic heterocycles. The van der Waals surface area contributed by atoms with Crippen molar-refractivity contribution in [1.82, 2.24) is 25.1 Å². The van der Waals surface area contributed by atoms with Crippen LogP contribution in [0.25, 0.3) is 11.5 Å². The lowest BCUT2D eigenvalue weighted by Gasteiger charge is -2.27. The number of rotatable bonds is 2. The third kappa shape index (κ3) is 3.55. The van der Waals surface area contributed by atoms with E-state index in [9.17, 15) is 22.4 Å². The van der Waals surface area contributed by atoms with E-state index < -0.39 is 28.5 Å². The first-order valence-corrected chi connectivity index (χ1v) is 8.82. The summed E-state index contributed by atoms with van der Waals surface area (Å²) in [5, 5.41) is 6.31. The number of hydrogen-bond acceptors (Lipinski definition) is 4. The SMILES string of the molecule is O=C(c1cccc(C(F)(F)F)c1Cl)N1CCc2c(-c3ncc(F)cn3)n[nH]c2C1. The monoisotopic (exact) mass is 425 g/mol. The highest BCUT2D eigenvalue weighted by Crippen LogP contribution is 2.37. The lowest BCUT2D eigenvalue weighted by Crippen LogP contribution is -2.36. The predicted molar refractivity (Wildman–Crippen MR) is 94.5 cm³/mol. The second kappa shape index (κ2) is 7.11. The van der Waals surface area contributed by atoms with Gasteiger partial charge in [0, 0.05) is 12.1 Å². The van der Waals surface area contributed by atoms with Gasteiger partial charge in [0.2, 0.25) is 0 Å². The molecule has 11 heteroatoms. The molecule has 1 aromatic carbocycles. The molecule has 4 rings (SSSR count). The van der Waals surface area contributed by atoms with Crippen molar-refractivity contribution in [2.24, 2.45) is 0 Å². The topological polar surface area (TPSA) is 74.8 Å². The quantitative estimate of drug-likeness (QED) is 0.632. The predicted octanol–water partition coefficient (Wildman–Crippen LogP) is 3.88. The zero-order chi connectivity index (χ0) is 20.8. The van der Waals surface area contributed by atoms with Crippen molar-refractivity contribution in [1.29, 1.82) is 0 Å². The lowest BCUT2D eigenvalue weighted by molar-refractivity contribution is -0.137. The summed E-state index contributed by atoms with van der Waals surface area (Å²) < 4.78 is 52.2. The van der Waals surface area contributed by atoms with Gasteiger partial charge in [-0.15, -0.1) is 0 Å². The Bertz CT molecular complexity index is 1080. The number of amides is 1. The largest absolute Gasteiger partial charge is 0.417 e. The maximum absolute atomic E-state index is 13.1. The van der Waals surface area contributed by atoms with E-state index in [1.54, 1.807) is 0 Å². The molecule has 150 valence electrons. The molecule has 2 aromatic heterocycles. The van der Waals surface area contributed by atoms with Gasteiger partial charge in [-0.3, -0.25) is 9.89 Å². The zero-order valence-electron chi connectivity index (χ0n) is 14.6. The van der Waals surface area contributed by atoms with Gasteiger partial charge in [0.15, 0.2) is 11.6 Å². The first-order valence-electron chi connectivity index (χ1n) is 8.44. The van der Waals surface area contributed by atoms with Crippen LogP contribution in [0.15, 0.2) is 30.6 Å². The lowest BCUT2D eigenvalue weighted by atomic mass is 10.0. The second-order valence-corrected chi connectivity index (χ2v) is 6.77. The van der Waals surface area contributed by atoms with Gasteiger partial charge in [0.1, 0.15) is 5.69 Å². The maximum atomic E-state index is 13.1. The molecule has 0 radical (unpaired) electrons. The third-order valence-electron chi connectivity index (χ3n) is 4.59. The molecule has 0 aliphatic carbocycles. The first-order chi connectivity index (χ1) is 13.8. The number of H-pyrrole nitrogens is 1. The minimum atomic E-state index is -4.66. The highest BCUT2D eigenvalue weighted by atomic mass is 35.5. The summed E-state index contributed by atoms with van der Waals surface area (Å²) in [4.78, 5) is 22.0. The molecule has 0 spiro atoms. The number of hydrogen-bond donors (Lipinski definition) is 1. The summed E-state index contributed by atoms with van der Waals surface area (Å²) in [5.41, 5.74) is 0.558. The molecule has 6 nitrogen and oxygen atoms in total. The Kier molecular flexibility index (Phi) is 4.73. The molecule has 1 amide bonds. The summed E-state index contributed by atoms with van der Waals surface area (Å²) in [6.45, 7) is 0.348. The number of carbonyl (C=O) groups is 1. The Morgan fingerprint density at radius 2 is 1.93 bits per heavy atom. The fraction of sp³-hybridized carbons (Fsp3) is 0.222. The van der Waals surface area contributed by atoms with Gasteiger partial charge in [-0.1, -0.05) is 17.7 Å².